The molecular weight excluding hydrogens is 412 g/mol. The minimum absolute atomic E-state index is 0.0789. The Morgan fingerprint density at radius 2 is 1.34 bits per heavy atom. The average Bonchev–Trinajstić information content (AvgIpc) is 2.80. The van der Waals surface area contributed by atoms with Gasteiger partial charge in [0.05, 0.1) is 16.9 Å². The first-order valence-corrected chi connectivity index (χ1v) is 9.69. The van der Waals surface area contributed by atoms with Crippen LogP contribution in [0.3, 0.4) is 0 Å². The third-order valence-corrected chi connectivity index (χ3v) is 4.67. The van der Waals surface area contributed by atoms with Gasteiger partial charge in [0.15, 0.2) is 0 Å². The Kier molecular flexibility index (Phi) is 5.98. The molecule has 0 fully saturated rings. The molecule has 4 rings (SSSR count). The second-order valence-electron chi connectivity index (χ2n) is 6.88. The molecule has 0 atom stereocenters. The molecule has 0 radical (unpaired) electrons. The molecule has 0 unspecified atom stereocenters. The molecule has 0 bridgehead atoms. The summed E-state index contributed by atoms with van der Waals surface area (Å²) in [5.74, 6) is -2.97. The summed E-state index contributed by atoms with van der Waals surface area (Å²) in [7, 11) is 0. The number of hydrogen-bond acceptors (Lipinski definition) is 3. The summed E-state index contributed by atoms with van der Waals surface area (Å²) < 4.78 is 28.0. The van der Waals surface area contributed by atoms with E-state index in [0.29, 0.717) is 5.56 Å². The van der Waals surface area contributed by atoms with Crippen LogP contribution >= 0.6 is 0 Å². The van der Waals surface area contributed by atoms with E-state index in [-0.39, 0.29) is 16.9 Å². The number of amides is 2. The van der Waals surface area contributed by atoms with Crippen molar-refractivity contribution in [2.45, 2.75) is 0 Å². The first-order chi connectivity index (χ1) is 15.5. The first kappa shape index (κ1) is 20.9. The van der Waals surface area contributed by atoms with Crippen LogP contribution in [-0.2, 0) is 9.59 Å². The van der Waals surface area contributed by atoms with Gasteiger partial charge in [0.1, 0.15) is 17.2 Å². The van der Waals surface area contributed by atoms with Crippen LogP contribution in [-0.4, -0.2) is 16.8 Å². The highest BCUT2D eigenvalue weighted by Crippen LogP contribution is 2.20. The van der Waals surface area contributed by atoms with E-state index in [9.17, 15) is 18.4 Å². The molecule has 1 heterocycles. The Bertz CT molecular complexity index is 1290. The molecule has 0 saturated heterocycles. The highest BCUT2D eigenvalue weighted by Gasteiger charge is 2.21. The molecule has 1 aromatic heterocycles. The topological polar surface area (TPSA) is 71.1 Å². The predicted octanol–water partition coefficient (Wildman–Crippen LogP) is 5.17. The average molecular weight is 429 g/mol. The third-order valence-electron chi connectivity index (χ3n) is 4.67. The van der Waals surface area contributed by atoms with Crippen molar-refractivity contribution in [3.8, 4) is 0 Å². The van der Waals surface area contributed by atoms with Crippen molar-refractivity contribution in [1.82, 2.24) is 4.98 Å². The molecule has 0 aliphatic rings. The molecule has 4 aromatic rings. The second-order valence-corrected chi connectivity index (χ2v) is 6.88. The van der Waals surface area contributed by atoms with Crippen molar-refractivity contribution in [3.63, 3.8) is 0 Å². The zero-order valence-corrected chi connectivity index (χ0v) is 16.7. The molecule has 7 heteroatoms. The van der Waals surface area contributed by atoms with E-state index in [4.69, 9.17) is 0 Å². The number of halogens is 2. The van der Waals surface area contributed by atoms with Crippen LogP contribution < -0.4 is 10.6 Å². The summed E-state index contributed by atoms with van der Waals surface area (Å²) >= 11 is 0. The lowest BCUT2D eigenvalue weighted by atomic mass is 10.1. The van der Waals surface area contributed by atoms with Crippen molar-refractivity contribution in [3.05, 3.63) is 108 Å². The number of carbonyl (C=O) groups is 2. The van der Waals surface area contributed by atoms with Crippen LogP contribution in [0.2, 0.25) is 0 Å². The maximum Gasteiger partial charge on any atom is 0.261 e. The monoisotopic (exact) mass is 429 g/mol. The highest BCUT2D eigenvalue weighted by molar-refractivity contribution is 6.29. The molecule has 0 aliphatic heterocycles. The van der Waals surface area contributed by atoms with E-state index in [1.807, 2.05) is 6.07 Å². The molecule has 32 heavy (non-hydrogen) atoms. The van der Waals surface area contributed by atoms with Crippen molar-refractivity contribution < 1.29 is 18.4 Å². The lowest BCUT2D eigenvalue weighted by Crippen LogP contribution is -2.26. The third kappa shape index (κ3) is 4.67. The lowest BCUT2D eigenvalue weighted by molar-refractivity contribution is -0.118. The zero-order chi connectivity index (χ0) is 22.5. The van der Waals surface area contributed by atoms with Gasteiger partial charge in [-0.2, -0.15) is 0 Å². The van der Waals surface area contributed by atoms with Crippen LogP contribution in [0.15, 0.2) is 90.6 Å². The lowest BCUT2D eigenvalue weighted by Gasteiger charge is -2.11. The molecule has 0 aliphatic carbocycles. The number of anilines is 2. The van der Waals surface area contributed by atoms with Crippen molar-refractivity contribution >= 4 is 40.2 Å². The van der Waals surface area contributed by atoms with E-state index in [1.165, 1.54) is 42.5 Å². The quantitative estimate of drug-likeness (QED) is 0.261. The Morgan fingerprint density at radius 3 is 1.94 bits per heavy atom. The number of nitrogens with one attached hydrogen (secondary N) is 2. The SMILES string of the molecule is O=C(Nc1ccccc1F)C(=Cc1ccc2ncccc2c1)C(=O)Nc1ccccc1F. The van der Waals surface area contributed by atoms with E-state index >= 15 is 0 Å². The van der Waals surface area contributed by atoms with Crippen molar-refractivity contribution in [1.29, 1.82) is 0 Å². The minimum atomic E-state index is -0.838. The van der Waals surface area contributed by atoms with Gasteiger partial charge in [-0.25, -0.2) is 8.78 Å². The number of nitrogens with zero attached hydrogens (tertiary/aromatic N) is 1. The van der Waals surface area contributed by atoms with Gasteiger partial charge in [-0.05, 0) is 54.1 Å². The predicted molar refractivity (Wildman–Crippen MR) is 120 cm³/mol. The molecule has 5 nitrogen and oxygen atoms in total. The largest absolute Gasteiger partial charge is 0.319 e. The number of hydrogen-bond donors (Lipinski definition) is 2. The van der Waals surface area contributed by atoms with Crippen LogP contribution in [0.25, 0.3) is 17.0 Å². The van der Waals surface area contributed by atoms with Gasteiger partial charge in [-0.1, -0.05) is 36.4 Å². The fraction of sp³-hybridized carbons (Fsp3) is 0. The van der Waals surface area contributed by atoms with Gasteiger partial charge in [-0.3, -0.25) is 14.6 Å². The number of carbonyl (C=O) groups excluding carboxylic acids is 2. The normalized spacial score (nSPS) is 10.4. The standard InChI is InChI=1S/C25H17F2N3O2/c26-19-7-1-3-9-22(19)29-24(31)18(25(32)30-23-10-4-2-8-20(23)27)15-16-11-12-21-17(14-16)6-5-13-28-21/h1-15H,(H,29,31)(H,30,32). The minimum Gasteiger partial charge on any atom is -0.319 e. The molecule has 3 aromatic carbocycles. The first-order valence-electron chi connectivity index (χ1n) is 9.69. The molecule has 0 spiro atoms. The van der Waals surface area contributed by atoms with Gasteiger partial charge in [0.25, 0.3) is 11.8 Å². The van der Waals surface area contributed by atoms with Crippen molar-refractivity contribution in [2.24, 2.45) is 0 Å². The van der Waals surface area contributed by atoms with Gasteiger partial charge in [-0.15, -0.1) is 0 Å². The Balaban J connectivity index is 1.71. The highest BCUT2D eigenvalue weighted by atomic mass is 19.1. The molecule has 158 valence electrons. The maximum atomic E-state index is 14.0. The molecule has 0 saturated carbocycles. The summed E-state index contributed by atoms with van der Waals surface area (Å²) in [4.78, 5) is 30.1. The van der Waals surface area contributed by atoms with Gasteiger partial charge in [0.2, 0.25) is 0 Å². The second kappa shape index (κ2) is 9.18. The number of fused-ring (bicyclic) bond motifs is 1. The Morgan fingerprint density at radius 1 is 0.750 bits per heavy atom. The van der Waals surface area contributed by atoms with Gasteiger partial charge >= 0.3 is 0 Å². The van der Waals surface area contributed by atoms with E-state index < -0.39 is 23.4 Å². The van der Waals surface area contributed by atoms with E-state index in [1.54, 1.807) is 42.6 Å². The molecular formula is C25H17F2N3O2. The maximum absolute atomic E-state index is 14.0. The molecule has 2 amide bonds. The number of benzene rings is 3. The van der Waals surface area contributed by atoms with Gasteiger partial charge < -0.3 is 10.6 Å². The summed E-state index contributed by atoms with van der Waals surface area (Å²) in [5.41, 5.74) is 0.819. The zero-order valence-electron chi connectivity index (χ0n) is 16.7. The van der Waals surface area contributed by atoms with Crippen LogP contribution in [0, 0.1) is 11.6 Å². The fourth-order valence-electron chi connectivity index (χ4n) is 3.09. The number of aromatic nitrogens is 1. The van der Waals surface area contributed by atoms with Crippen LogP contribution in [0.1, 0.15) is 5.56 Å². The number of rotatable bonds is 5. The summed E-state index contributed by atoms with van der Waals surface area (Å²) in [6, 6.07) is 20.0. The van der Waals surface area contributed by atoms with Gasteiger partial charge in [0, 0.05) is 11.6 Å². The smallest absolute Gasteiger partial charge is 0.261 e. The van der Waals surface area contributed by atoms with Crippen LogP contribution in [0.4, 0.5) is 20.2 Å². The summed E-state index contributed by atoms with van der Waals surface area (Å²) in [6.45, 7) is 0. The number of pyridine rings is 1. The van der Waals surface area contributed by atoms with E-state index in [2.05, 4.69) is 15.6 Å². The molecule has 2 N–H and O–H groups in total. The van der Waals surface area contributed by atoms with E-state index in [0.717, 1.165) is 10.9 Å². The summed E-state index contributed by atoms with van der Waals surface area (Å²) in [5, 5.41) is 5.61. The number of para-hydroxylation sites is 2. The Hall–Kier alpha value is -4.39. The Labute approximate surface area is 182 Å². The van der Waals surface area contributed by atoms with Crippen LogP contribution in [0.5, 0.6) is 0 Å². The fourth-order valence-corrected chi connectivity index (χ4v) is 3.09. The van der Waals surface area contributed by atoms with Crippen molar-refractivity contribution in [2.75, 3.05) is 10.6 Å². The summed E-state index contributed by atoms with van der Waals surface area (Å²) in [6.07, 6.45) is 3.02.